The Morgan fingerprint density at radius 2 is 1.90 bits per heavy atom. The first-order valence-electron chi connectivity index (χ1n) is 6.73. The molecule has 0 aliphatic rings. The first-order chi connectivity index (χ1) is 9.38. The van der Waals surface area contributed by atoms with E-state index in [2.05, 4.69) is 0 Å². The van der Waals surface area contributed by atoms with E-state index < -0.39 is 10.0 Å². The van der Waals surface area contributed by atoms with Crippen LogP contribution in [0, 0.1) is 6.92 Å². The summed E-state index contributed by atoms with van der Waals surface area (Å²) < 4.78 is 27.0. The summed E-state index contributed by atoms with van der Waals surface area (Å²) in [7, 11) is -3.52. The van der Waals surface area contributed by atoms with Crippen molar-refractivity contribution in [2.75, 3.05) is 13.1 Å². The van der Waals surface area contributed by atoms with E-state index in [1.54, 1.807) is 13.0 Å². The molecular weight excluding hydrogens is 317 g/mol. The van der Waals surface area contributed by atoms with Crippen molar-refractivity contribution in [3.63, 3.8) is 0 Å². The molecule has 1 rings (SSSR count). The Labute approximate surface area is 131 Å². The number of hydrogen-bond acceptors (Lipinski definition) is 2. The van der Waals surface area contributed by atoms with Gasteiger partial charge in [0, 0.05) is 24.0 Å². The first-order valence-corrected chi connectivity index (χ1v) is 9.08. The Balaban J connectivity index is 3.30. The largest absolute Gasteiger partial charge is 0.243 e. The van der Waals surface area contributed by atoms with Crippen LogP contribution in [-0.4, -0.2) is 25.8 Å². The van der Waals surface area contributed by atoms with E-state index in [1.807, 2.05) is 13.8 Å². The topological polar surface area (TPSA) is 37.4 Å². The van der Waals surface area contributed by atoms with Crippen molar-refractivity contribution >= 4 is 33.2 Å². The van der Waals surface area contributed by atoms with Crippen LogP contribution in [0.1, 0.15) is 37.8 Å². The van der Waals surface area contributed by atoms with Gasteiger partial charge in [-0.2, -0.15) is 4.31 Å². The molecule has 0 spiro atoms. The number of sulfonamides is 1. The summed E-state index contributed by atoms with van der Waals surface area (Å²) in [5.41, 5.74) is 1.43. The van der Waals surface area contributed by atoms with Gasteiger partial charge in [0.1, 0.15) is 0 Å². The molecule has 0 aliphatic carbocycles. The van der Waals surface area contributed by atoms with Crippen LogP contribution in [0.4, 0.5) is 0 Å². The molecule has 6 heteroatoms. The molecule has 0 aromatic heterocycles. The van der Waals surface area contributed by atoms with Gasteiger partial charge in [0.15, 0.2) is 0 Å². The zero-order valence-electron chi connectivity index (χ0n) is 12.1. The summed E-state index contributed by atoms with van der Waals surface area (Å²) in [5.74, 6) is 0.246. The molecule has 0 saturated carbocycles. The number of nitrogens with zero attached hydrogens (tertiary/aromatic N) is 1. The van der Waals surface area contributed by atoms with E-state index in [1.165, 1.54) is 10.4 Å². The highest BCUT2D eigenvalue weighted by Crippen LogP contribution is 2.28. The van der Waals surface area contributed by atoms with E-state index in [0.717, 1.165) is 18.4 Å². The van der Waals surface area contributed by atoms with Crippen LogP contribution >= 0.6 is 23.2 Å². The Morgan fingerprint density at radius 3 is 2.40 bits per heavy atom. The highest BCUT2D eigenvalue weighted by molar-refractivity contribution is 7.89. The maximum Gasteiger partial charge on any atom is 0.243 e. The van der Waals surface area contributed by atoms with Gasteiger partial charge in [-0.15, -0.1) is 11.6 Å². The first kappa shape index (κ1) is 17.8. The van der Waals surface area contributed by atoms with Gasteiger partial charge in [-0.1, -0.05) is 31.9 Å². The van der Waals surface area contributed by atoms with Gasteiger partial charge in [0.05, 0.1) is 4.90 Å². The number of benzene rings is 1. The summed E-state index contributed by atoms with van der Waals surface area (Å²) in [4.78, 5) is 0.263. The van der Waals surface area contributed by atoms with E-state index in [0.29, 0.717) is 23.7 Å². The summed E-state index contributed by atoms with van der Waals surface area (Å²) >= 11 is 11.9. The van der Waals surface area contributed by atoms with Gasteiger partial charge < -0.3 is 0 Å². The summed E-state index contributed by atoms with van der Waals surface area (Å²) in [5, 5.41) is 0.399. The van der Waals surface area contributed by atoms with Crippen molar-refractivity contribution in [2.24, 2.45) is 0 Å². The molecule has 114 valence electrons. The second kappa shape index (κ2) is 7.64. The van der Waals surface area contributed by atoms with Crippen LogP contribution in [-0.2, 0) is 15.9 Å². The lowest BCUT2D eigenvalue weighted by Gasteiger charge is -2.22. The molecular formula is C14H21Cl2NO2S. The average Bonchev–Trinajstić information content (AvgIpc) is 2.41. The Bertz CT molecular complexity index is 559. The average molecular weight is 338 g/mol. The second-order valence-corrected chi connectivity index (χ2v) is 7.28. The third kappa shape index (κ3) is 3.88. The minimum atomic E-state index is -3.52. The molecule has 0 fully saturated rings. The van der Waals surface area contributed by atoms with E-state index >= 15 is 0 Å². The SMILES string of the molecule is CCCCN(CC)S(=O)(=O)c1cc(Cl)cc(CCl)c1C. The third-order valence-electron chi connectivity index (χ3n) is 3.31. The fraction of sp³-hybridized carbons (Fsp3) is 0.571. The fourth-order valence-corrected chi connectivity index (χ4v) is 4.40. The van der Waals surface area contributed by atoms with Gasteiger partial charge in [-0.25, -0.2) is 8.42 Å². The maximum absolute atomic E-state index is 12.7. The molecule has 0 heterocycles. The van der Waals surface area contributed by atoms with Crippen molar-refractivity contribution in [2.45, 2.75) is 44.4 Å². The van der Waals surface area contributed by atoms with Crippen LogP contribution in [0.3, 0.4) is 0 Å². The number of unbranched alkanes of at least 4 members (excludes halogenated alkanes) is 1. The molecule has 0 N–H and O–H groups in total. The normalized spacial score (nSPS) is 12.1. The zero-order valence-corrected chi connectivity index (χ0v) is 14.4. The highest BCUT2D eigenvalue weighted by Gasteiger charge is 2.25. The monoisotopic (exact) mass is 337 g/mol. The number of hydrogen-bond donors (Lipinski definition) is 0. The zero-order chi connectivity index (χ0) is 15.3. The molecule has 1 aromatic carbocycles. The van der Waals surface area contributed by atoms with Crippen LogP contribution in [0.2, 0.25) is 5.02 Å². The van der Waals surface area contributed by atoms with E-state index in [-0.39, 0.29) is 10.8 Å². The number of alkyl halides is 1. The standard InChI is InChI=1S/C14H21Cl2NO2S/c1-4-6-7-17(5-2)20(18,19)14-9-13(16)8-12(10-15)11(14)3/h8-9H,4-7,10H2,1-3H3. The van der Waals surface area contributed by atoms with Crippen molar-refractivity contribution in [1.29, 1.82) is 0 Å². The van der Waals surface area contributed by atoms with Gasteiger partial charge in [-0.05, 0) is 36.6 Å². The van der Waals surface area contributed by atoms with Crippen LogP contribution < -0.4 is 0 Å². The molecule has 0 atom stereocenters. The predicted molar refractivity (Wildman–Crippen MR) is 85.1 cm³/mol. The van der Waals surface area contributed by atoms with E-state index in [9.17, 15) is 8.42 Å². The quantitative estimate of drug-likeness (QED) is 0.699. The van der Waals surface area contributed by atoms with Gasteiger partial charge in [0.25, 0.3) is 0 Å². The molecule has 0 aliphatic heterocycles. The molecule has 3 nitrogen and oxygen atoms in total. The summed E-state index contributed by atoms with van der Waals surface area (Å²) in [6, 6.07) is 3.22. The molecule has 0 saturated heterocycles. The number of rotatable bonds is 7. The predicted octanol–water partition coefficient (Wildman–Crippen LogP) is 4.20. The highest BCUT2D eigenvalue weighted by atomic mass is 35.5. The van der Waals surface area contributed by atoms with Crippen molar-refractivity contribution in [3.05, 3.63) is 28.3 Å². The third-order valence-corrected chi connectivity index (χ3v) is 5.91. The van der Waals surface area contributed by atoms with E-state index in [4.69, 9.17) is 23.2 Å². The molecule has 1 aromatic rings. The van der Waals surface area contributed by atoms with Gasteiger partial charge >= 0.3 is 0 Å². The van der Waals surface area contributed by atoms with Crippen LogP contribution in [0.5, 0.6) is 0 Å². The molecule has 0 unspecified atom stereocenters. The minimum Gasteiger partial charge on any atom is -0.207 e. The number of halogens is 2. The van der Waals surface area contributed by atoms with Gasteiger partial charge in [-0.3, -0.25) is 0 Å². The lowest BCUT2D eigenvalue weighted by atomic mass is 10.1. The summed E-state index contributed by atoms with van der Waals surface area (Å²) in [6.45, 7) is 6.63. The molecule has 0 amide bonds. The van der Waals surface area contributed by atoms with Crippen molar-refractivity contribution in [3.8, 4) is 0 Å². The molecule has 0 radical (unpaired) electrons. The minimum absolute atomic E-state index is 0.246. The Hall–Kier alpha value is -0.290. The van der Waals surface area contributed by atoms with Crippen LogP contribution in [0.15, 0.2) is 17.0 Å². The lowest BCUT2D eigenvalue weighted by Crippen LogP contribution is -2.32. The molecule has 0 bridgehead atoms. The smallest absolute Gasteiger partial charge is 0.207 e. The Kier molecular flexibility index (Phi) is 6.79. The fourth-order valence-electron chi connectivity index (χ4n) is 2.04. The van der Waals surface area contributed by atoms with Crippen molar-refractivity contribution in [1.82, 2.24) is 4.31 Å². The maximum atomic E-state index is 12.7. The second-order valence-electron chi connectivity index (χ2n) is 4.67. The Morgan fingerprint density at radius 1 is 1.25 bits per heavy atom. The lowest BCUT2D eigenvalue weighted by molar-refractivity contribution is 0.418. The van der Waals surface area contributed by atoms with Gasteiger partial charge in [0.2, 0.25) is 10.0 Å². The van der Waals surface area contributed by atoms with Crippen molar-refractivity contribution < 1.29 is 8.42 Å². The van der Waals surface area contributed by atoms with Crippen LogP contribution in [0.25, 0.3) is 0 Å². The molecule has 20 heavy (non-hydrogen) atoms. The summed E-state index contributed by atoms with van der Waals surface area (Å²) in [6.07, 6.45) is 1.79.